The lowest BCUT2D eigenvalue weighted by molar-refractivity contribution is 0.582. The second-order valence-electron chi connectivity index (χ2n) is 4.78. The van der Waals surface area contributed by atoms with Crippen LogP contribution in [0.15, 0.2) is 10.7 Å². The van der Waals surface area contributed by atoms with Gasteiger partial charge in [0.1, 0.15) is 5.69 Å². The highest BCUT2D eigenvalue weighted by Gasteiger charge is 2.36. The van der Waals surface area contributed by atoms with E-state index in [0.717, 1.165) is 0 Å². The van der Waals surface area contributed by atoms with E-state index < -0.39 is 31.6 Å². The third-order valence-corrected chi connectivity index (χ3v) is 8.92. The van der Waals surface area contributed by atoms with Crippen molar-refractivity contribution < 1.29 is 16.8 Å². The van der Waals surface area contributed by atoms with Crippen LogP contribution in [0, 0.1) is 6.92 Å². The van der Waals surface area contributed by atoms with E-state index in [-0.39, 0.29) is 35.4 Å². The number of hydrogen-bond donors (Lipinski definition) is 0. The normalized spacial score (nSPS) is 12.4. The Balaban J connectivity index is 3.60. The number of hydrogen-bond acceptors (Lipinski definition) is 5. The summed E-state index contributed by atoms with van der Waals surface area (Å²) in [6, 6.07) is 0. The first kappa shape index (κ1) is 22.2. The van der Waals surface area contributed by atoms with Gasteiger partial charge in [-0.2, -0.15) is 3.71 Å². The van der Waals surface area contributed by atoms with Crippen LogP contribution in [0.2, 0.25) is 5.15 Å². The first-order valence-corrected chi connectivity index (χ1v) is 12.2. The van der Waals surface area contributed by atoms with Crippen LogP contribution in [-0.2, 0) is 20.0 Å². The van der Waals surface area contributed by atoms with Gasteiger partial charge in [0, 0.05) is 22.4 Å². The van der Waals surface area contributed by atoms with Crippen molar-refractivity contribution in [3.05, 3.63) is 21.4 Å². The zero-order valence-corrected chi connectivity index (χ0v) is 18.2. The molecule has 0 aliphatic carbocycles. The van der Waals surface area contributed by atoms with E-state index in [9.17, 15) is 16.8 Å². The van der Waals surface area contributed by atoms with Crippen LogP contribution >= 0.6 is 50.7 Å². The van der Waals surface area contributed by atoms with E-state index in [1.54, 1.807) is 6.92 Å². The van der Waals surface area contributed by atoms with Crippen molar-refractivity contribution in [2.75, 3.05) is 27.0 Å². The Kier molecular flexibility index (Phi) is 8.55. The fourth-order valence-electron chi connectivity index (χ4n) is 1.84. The summed E-state index contributed by atoms with van der Waals surface area (Å²) in [5.41, 5.74) is 0.161. The molecule has 1 rings (SSSR count). The number of anilines is 1. The summed E-state index contributed by atoms with van der Waals surface area (Å²) in [7, 11) is -8.43. The molecule has 0 amide bonds. The average molecular weight is 503 g/mol. The minimum atomic E-state index is -4.21. The Morgan fingerprint density at radius 2 is 1.54 bits per heavy atom. The lowest BCUT2D eigenvalue weighted by atomic mass is 10.3. The number of sulfonamides is 2. The topological polar surface area (TPSA) is 84.4 Å². The van der Waals surface area contributed by atoms with Gasteiger partial charge in [-0.15, -0.1) is 23.2 Å². The predicted molar refractivity (Wildman–Crippen MR) is 102 cm³/mol. The van der Waals surface area contributed by atoms with Crippen LogP contribution in [0.25, 0.3) is 0 Å². The highest BCUT2D eigenvalue weighted by molar-refractivity contribution is 9.10. The molecule has 0 aliphatic heterocycles. The summed E-state index contributed by atoms with van der Waals surface area (Å²) in [6.07, 6.45) is 1.57. The lowest BCUT2D eigenvalue weighted by Gasteiger charge is -2.26. The molecule has 0 radical (unpaired) electrons. The molecule has 0 atom stereocenters. The zero-order valence-electron chi connectivity index (χ0n) is 12.7. The smallest absolute Gasteiger partial charge is 0.241 e. The molecule has 0 aliphatic rings. The predicted octanol–water partition coefficient (Wildman–Crippen LogP) is 3.53. The van der Waals surface area contributed by atoms with Crippen LogP contribution in [0.4, 0.5) is 5.69 Å². The van der Waals surface area contributed by atoms with Crippen molar-refractivity contribution in [3.8, 4) is 0 Å². The van der Waals surface area contributed by atoms with Gasteiger partial charge in [-0.05, 0) is 41.3 Å². The number of nitrogens with zero attached hydrogens (tertiary/aromatic N) is 2. The summed E-state index contributed by atoms with van der Waals surface area (Å²) >= 11 is 20.3. The molecule has 0 saturated carbocycles. The summed E-state index contributed by atoms with van der Waals surface area (Å²) < 4.78 is 51.5. The molecule has 0 N–H and O–H groups in total. The highest BCUT2D eigenvalue weighted by Crippen LogP contribution is 2.36. The van der Waals surface area contributed by atoms with Crippen molar-refractivity contribution in [2.24, 2.45) is 0 Å². The maximum absolute atomic E-state index is 12.7. The molecular weight excluding hydrogens is 487 g/mol. The van der Waals surface area contributed by atoms with Crippen molar-refractivity contribution >= 4 is 76.5 Å². The van der Waals surface area contributed by atoms with Crippen LogP contribution < -0.4 is 3.71 Å². The molecule has 1 aromatic heterocycles. The number of alkyl halides is 2. The van der Waals surface area contributed by atoms with Gasteiger partial charge in [0.15, 0.2) is 5.15 Å². The Morgan fingerprint density at radius 3 is 1.96 bits per heavy atom. The maximum atomic E-state index is 12.7. The van der Waals surface area contributed by atoms with Crippen molar-refractivity contribution in [1.29, 1.82) is 0 Å². The molecule has 0 aromatic carbocycles. The largest absolute Gasteiger partial charge is 0.248 e. The SMILES string of the molecule is Cc1c(Br)cnc(Cl)c1N(S(=O)(=O)CCCCl)S(=O)(=O)CCCCl. The fourth-order valence-corrected chi connectivity index (χ4v) is 7.28. The minimum absolute atomic E-state index is 0.0816. The minimum Gasteiger partial charge on any atom is -0.241 e. The van der Waals surface area contributed by atoms with Crippen molar-refractivity contribution in [3.63, 3.8) is 0 Å². The maximum Gasteiger partial charge on any atom is 0.248 e. The van der Waals surface area contributed by atoms with E-state index in [2.05, 4.69) is 20.9 Å². The molecule has 0 unspecified atom stereocenters. The van der Waals surface area contributed by atoms with E-state index >= 15 is 0 Å². The van der Waals surface area contributed by atoms with Gasteiger partial charge < -0.3 is 0 Å². The molecule has 0 fully saturated rings. The molecule has 24 heavy (non-hydrogen) atoms. The average Bonchev–Trinajstić information content (AvgIpc) is 2.50. The lowest BCUT2D eigenvalue weighted by Crippen LogP contribution is -2.41. The third kappa shape index (κ3) is 5.35. The Morgan fingerprint density at radius 1 is 1.08 bits per heavy atom. The molecule has 0 saturated heterocycles. The molecular formula is C12H16BrCl3N2O4S2. The molecule has 138 valence electrons. The van der Waals surface area contributed by atoms with Crippen LogP contribution in [0.1, 0.15) is 18.4 Å². The van der Waals surface area contributed by atoms with Gasteiger partial charge in [0.05, 0.1) is 11.5 Å². The zero-order chi connectivity index (χ0) is 18.5. The molecule has 1 aromatic rings. The van der Waals surface area contributed by atoms with E-state index in [0.29, 0.717) is 13.7 Å². The van der Waals surface area contributed by atoms with Crippen LogP contribution in [-0.4, -0.2) is 45.1 Å². The number of halogens is 4. The van der Waals surface area contributed by atoms with Gasteiger partial charge >= 0.3 is 0 Å². The van der Waals surface area contributed by atoms with E-state index in [4.69, 9.17) is 34.8 Å². The van der Waals surface area contributed by atoms with E-state index in [1.807, 2.05) is 0 Å². The fraction of sp³-hybridized carbons (Fsp3) is 0.583. The number of rotatable bonds is 9. The summed E-state index contributed by atoms with van der Waals surface area (Å²) in [4.78, 5) is 3.84. The van der Waals surface area contributed by atoms with Gasteiger partial charge in [-0.3, -0.25) is 0 Å². The molecule has 1 heterocycles. The van der Waals surface area contributed by atoms with Crippen molar-refractivity contribution in [2.45, 2.75) is 19.8 Å². The summed E-state index contributed by atoms with van der Waals surface area (Å²) in [6.45, 7) is 1.55. The van der Waals surface area contributed by atoms with Gasteiger partial charge in [-0.25, -0.2) is 21.8 Å². The molecule has 6 nitrogen and oxygen atoms in total. The third-order valence-electron chi connectivity index (χ3n) is 2.96. The van der Waals surface area contributed by atoms with E-state index in [1.165, 1.54) is 6.20 Å². The Hall–Kier alpha value is 0.200. The summed E-state index contributed by atoms with van der Waals surface area (Å²) in [5, 5.41) is -0.223. The second kappa shape index (κ2) is 9.23. The Labute approximate surface area is 165 Å². The number of pyridine rings is 1. The molecule has 12 heteroatoms. The van der Waals surface area contributed by atoms with Crippen molar-refractivity contribution in [1.82, 2.24) is 4.98 Å². The Bertz CT molecular complexity index is 750. The van der Waals surface area contributed by atoms with Gasteiger partial charge in [0.2, 0.25) is 20.0 Å². The quantitative estimate of drug-likeness (QED) is 0.381. The van der Waals surface area contributed by atoms with Gasteiger partial charge in [0.25, 0.3) is 0 Å². The van der Waals surface area contributed by atoms with Crippen LogP contribution in [0.3, 0.4) is 0 Å². The summed E-state index contributed by atoms with van der Waals surface area (Å²) in [5.74, 6) is -0.700. The first-order valence-electron chi connectivity index (χ1n) is 6.77. The first-order chi connectivity index (χ1) is 11.1. The highest BCUT2D eigenvalue weighted by atomic mass is 79.9. The second-order valence-corrected chi connectivity index (χ2v) is 10.9. The van der Waals surface area contributed by atoms with Gasteiger partial charge in [-0.1, -0.05) is 11.6 Å². The monoisotopic (exact) mass is 500 g/mol. The van der Waals surface area contributed by atoms with Crippen LogP contribution in [0.5, 0.6) is 0 Å². The number of aromatic nitrogens is 1. The molecule has 0 spiro atoms. The standard InChI is InChI=1S/C12H16BrCl3N2O4S2/c1-9-10(13)8-17-12(16)11(9)18(23(19,20)6-2-4-14)24(21,22)7-3-5-15/h8H,2-7H2,1H3. The molecule has 0 bridgehead atoms.